The van der Waals surface area contributed by atoms with Crippen LogP contribution in [-0.2, 0) is 0 Å². The minimum Gasteiger partial charge on any atom is -0.369 e. The Balaban J connectivity index is 2.04. The molecule has 0 radical (unpaired) electrons. The van der Waals surface area contributed by atoms with Crippen molar-refractivity contribution in [2.24, 2.45) is 0 Å². The zero-order valence-electron chi connectivity index (χ0n) is 12.4. The van der Waals surface area contributed by atoms with Crippen LogP contribution in [0.25, 0.3) is 11.1 Å². The van der Waals surface area contributed by atoms with Crippen LogP contribution >= 0.6 is 11.6 Å². The fourth-order valence-electron chi connectivity index (χ4n) is 3.73. The first-order valence-corrected chi connectivity index (χ1v) is 8.02. The van der Waals surface area contributed by atoms with Gasteiger partial charge < -0.3 is 4.90 Å². The van der Waals surface area contributed by atoms with Crippen molar-refractivity contribution in [2.45, 2.75) is 25.7 Å². The average molecular weight is 310 g/mol. The highest BCUT2D eigenvalue weighted by Crippen LogP contribution is 2.47. The molecular weight excluding hydrogens is 294 g/mol. The topological polar surface area (TPSA) is 39.9 Å². The maximum absolute atomic E-state index is 9.65. The lowest BCUT2D eigenvalue weighted by Crippen LogP contribution is -2.40. The van der Waals surface area contributed by atoms with Crippen molar-refractivity contribution < 1.29 is 0 Å². The van der Waals surface area contributed by atoms with Crippen LogP contribution in [0, 0.1) is 18.3 Å². The van der Waals surface area contributed by atoms with Gasteiger partial charge in [-0.2, -0.15) is 5.26 Å². The molecule has 2 bridgehead atoms. The van der Waals surface area contributed by atoms with E-state index in [-0.39, 0.29) is 0 Å². The van der Waals surface area contributed by atoms with Crippen LogP contribution in [0.3, 0.4) is 0 Å². The van der Waals surface area contributed by atoms with Crippen LogP contribution in [0.15, 0.2) is 24.3 Å². The van der Waals surface area contributed by atoms with Crippen LogP contribution in [0.1, 0.15) is 35.7 Å². The molecule has 3 aliphatic rings. The number of hydrogen-bond donors (Lipinski definition) is 0. The molecule has 1 saturated heterocycles. The van der Waals surface area contributed by atoms with Gasteiger partial charge in [0, 0.05) is 29.6 Å². The first-order chi connectivity index (χ1) is 10.7. The van der Waals surface area contributed by atoms with Crippen LogP contribution in [-0.4, -0.2) is 18.1 Å². The Bertz CT molecular complexity index is 781. The van der Waals surface area contributed by atoms with E-state index in [1.54, 1.807) is 0 Å². The normalized spacial score (nSPS) is 16.5. The van der Waals surface area contributed by atoms with E-state index in [0.717, 1.165) is 29.9 Å². The monoisotopic (exact) mass is 309 g/mol. The number of benzene rings is 1. The number of aryl methyl sites for hydroxylation is 1. The van der Waals surface area contributed by atoms with Crippen molar-refractivity contribution in [3.63, 3.8) is 0 Å². The molecule has 1 aromatic carbocycles. The van der Waals surface area contributed by atoms with E-state index in [0.29, 0.717) is 16.5 Å². The van der Waals surface area contributed by atoms with Gasteiger partial charge in [-0.1, -0.05) is 23.7 Å². The van der Waals surface area contributed by atoms with Crippen LogP contribution in [0.4, 0.5) is 5.69 Å². The van der Waals surface area contributed by atoms with Crippen molar-refractivity contribution in [3.8, 4) is 17.2 Å². The summed E-state index contributed by atoms with van der Waals surface area (Å²) < 4.78 is 0. The average Bonchev–Trinajstić information content (AvgIpc) is 2.55. The summed E-state index contributed by atoms with van der Waals surface area (Å²) >= 11 is 6.02. The molecule has 0 amide bonds. The van der Waals surface area contributed by atoms with Gasteiger partial charge in [0.25, 0.3) is 0 Å². The number of piperidine rings is 1. The summed E-state index contributed by atoms with van der Waals surface area (Å²) in [7, 11) is 0. The summed E-state index contributed by atoms with van der Waals surface area (Å²) in [6.07, 6.45) is 2.34. The Morgan fingerprint density at radius 2 is 1.91 bits per heavy atom. The summed E-state index contributed by atoms with van der Waals surface area (Å²) in [6, 6.07) is 10.1. The highest BCUT2D eigenvalue weighted by atomic mass is 35.5. The molecule has 22 heavy (non-hydrogen) atoms. The molecule has 0 N–H and O–H groups in total. The number of rotatable bonds is 1. The van der Waals surface area contributed by atoms with Gasteiger partial charge in [-0.05, 0) is 37.5 Å². The number of nitriles is 1. The molecule has 0 aliphatic carbocycles. The predicted molar refractivity (Wildman–Crippen MR) is 88.3 cm³/mol. The van der Waals surface area contributed by atoms with Gasteiger partial charge in [0.15, 0.2) is 0 Å². The molecule has 3 nitrogen and oxygen atoms in total. The smallest absolute Gasteiger partial charge is 0.102 e. The molecular formula is C18H16ClN3. The van der Waals surface area contributed by atoms with Gasteiger partial charge in [-0.3, -0.25) is 4.98 Å². The number of halogens is 1. The van der Waals surface area contributed by atoms with Crippen LogP contribution in [0.5, 0.6) is 0 Å². The highest BCUT2D eigenvalue weighted by molar-refractivity contribution is 6.30. The third-order valence-corrected chi connectivity index (χ3v) is 5.07. The third-order valence-electron chi connectivity index (χ3n) is 4.82. The molecule has 0 saturated carbocycles. The fraction of sp³-hybridized carbons (Fsp3) is 0.333. The predicted octanol–water partition coefficient (Wildman–Crippen LogP) is 4.28. The number of hydrogen-bond acceptors (Lipinski definition) is 3. The van der Waals surface area contributed by atoms with E-state index in [4.69, 9.17) is 16.6 Å². The Kier molecular flexibility index (Phi) is 3.09. The molecule has 1 fully saturated rings. The molecule has 2 aromatic rings. The molecule has 5 rings (SSSR count). The lowest BCUT2D eigenvalue weighted by molar-refractivity contribution is 0.463. The van der Waals surface area contributed by atoms with Crippen LogP contribution in [0.2, 0.25) is 5.02 Å². The maximum Gasteiger partial charge on any atom is 0.102 e. The molecule has 3 aliphatic heterocycles. The maximum atomic E-state index is 9.65. The van der Waals surface area contributed by atoms with E-state index in [1.165, 1.54) is 24.2 Å². The van der Waals surface area contributed by atoms with E-state index in [1.807, 2.05) is 31.2 Å². The second-order valence-electron chi connectivity index (χ2n) is 6.06. The number of fused-ring (bicyclic) bond motifs is 2. The number of pyridine rings is 1. The Morgan fingerprint density at radius 3 is 2.55 bits per heavy atom. The van der Waals surface area contributed by atoms with Crippen molar-refractivity contribution in [3.05, 3.63) is 46.2 Å². The molecule has 110 valence electrons. The summed E-state index contributed by atoms with van der Waals surface area (Å²) in [4.78, 5) is 7.18. The Labute approximate surface area is 135 Å². The summed E-state index contributed by atoms with van der Waals surface area (Å²) in [5.74, 6) is 0.539. The number of aromatic nitrogens is 1. The SMILES string of the molecule is Cc1nc2c(c(-c3ccc(Cl)cc3)c1C#N)N1CCC2CC1. The van der Waals surface area contributed by atoms with Gasteiger partial charge in [-0.15, -0.1) is 0 Å². The largest absolute Gasteiger partial charge is 0.369 e. The number of nitrogens with zero attached hydrogens (tertiary/aromatic N) is 3. The minimum atomic E-state index is 0.539. The highest BCUT2D eigenvalue weighted by Gasteiger charge is 2.35. The summed E-state index contributed by atoms with van der Waals surface area (Å²) in [6.45, 7) is 4.07. The van der Waals surface area contributed by atoms with Crippen molar-refractivity contribution in [1.29, 1.82) is 5.26 Å². The second-order valence-corrected chi connectivity index (χ2v) is 6.50. The Hall–Kier alpha value is -2.05. The zero-order valence-corrected chi connectivity index (χ0v) is 13.2. The quantitative estimate of drug-likeness (QED) is 0.789. The first-order valence-electron chi connectivity index (χ1n) is 7.64. The molecule has 0 unspecified atom stereocenters. The van der Waals surface area contributed by atoms with Gasteiger partial charge in [0.05, 0.1) is 22.6 Å². The number of anilines is 1. The van der Waals surface area contributed by atoms with Gasteiger partial charge in [0.1, 0.15) is 6.07 Å². The van der Waals surface area contributed by atoms with Gasteiger partial charge in [0.2, 0.25) is 0 Å². The molecule has 0 spiro atoms. The second kappa shape index (κ2) is 5.00. The van der Waals surface area contributed by atoms with E-state index < -0.39 is 0 Å². The Morgan fingerprint density at radius 1 is 1.23 bits per heavy atom. The molecule has 4 heteroatoms. The van der Waals surface area contributed by atoms with Crippen molar-refractivity contribution >= 4 is 17.3 Å². The zero-order chi connectivity index (χ0) is 15.3. The third kappa shape index (κ3) is 1.91. The minimum absolute atomic E-state index is 0.539. The fourth-order valence-corrected chi connectivity index (χ4v) is 3.86. The summed E-state index contributed by atoms with van der Waals surface area (Å²) in [5, 5.41) is 10.4. The lowest BCUT2D eigenvalue weighted by Gasteiger charge is -2.43. The van der Waals surface area contributed by atoms with Crippen molar-refractivity contribution in [2.75, 3.05) is 18.0 Å². The molecule has 0 atom stereocenters. The van der Waals surface area contributed by atoms with Crippen molar-refractivity contribution in [1.82, 2.24) is 4.98 Å². The summed E-state index contributed by atoms with van der Waals surface area (Å²) in [5.41, 5.74) is 5.96. The lowest BCUT2D eigenvalue weighted by atomic mass is 9.82. The molecule has 4 heterocycles. The van der Waals surface area contributed by atoms with Gasteiger partial charge in [-0.25, -0.2) is 0 Å². The van der Waals surface area contributed by atoms with E-state index >= 15 is 0 Å². The van der Waals surface area contributed by atoms with Gasteiger partial charge >= 0.3 is 0 Å². The van der Waals surface area contributed by atoms with E-state index in [2.05, 4.69) is 11.0 Å². The van der Waals surface area contributed by atoms with E-state index in [9.17, 15) is 5.26 Å². The standard InChI is InChI=1S/C18H16ClN3/c1-11-15(10-20)16(12-2-4-14(19)5-3-12)18-17(21-11)13-6-8-22(18)9-7-13/h2-5,13H,6-9H2,1H3. The van der Waals surface area contributed by atoms with Crippen LogP contribution < -0.4 is 4.90 Å². The first kappa shape index (κ1) is 13.6. The molecule has 1 aromatic heterocycles.